The van der Waals surface area contributed by atoms with E-state index in [0.717, 1.165) is 32.1 Å². The lowest BCUT2D eigenvalue weighted by molar-refractivity contribution is -0.122. The minimum Gasteiger partial charge on any atom is -0.394 e. The number of nitrogens with one attached hydrogen (secondary N) is 1. The van der Waals surface area contributed by atoms with Gasteiger partial charge in [-0.2, -0.15) is 0 Å². The fraction of sp³-hybridized carbons (Fsp3) is 0.875. The van der Waals surface area contributed by atoms with E-state index in [-0.39, 0.29) is 18.6 Å². The molecule has 1 amide bonds. The molecule has 0 rings (SSSR count). The summed E-state index contributed by atoms with van der Waals surface area (Å²) in [5.41, 5.74) is 0. The maximum absolute atomic E-state index is 11.8. The van der Waals surface area contributed by atoms with Gasteiger partial charge >= 0.3 is 0 Å². The Kier molecular flexibility index (Phi) is 20.8. The molecule has 0 heterocycles. The summed E-state index contributed by atoms with van der Waals surface area (Å²) in [5, 5.41) is 12.3. The molecule has 0 fully saturated rings. The van der Waals surface area contributed by atoms with Crippen LogP contribution in [0.3, 0.4) is 0 Å². The van der Waals surface area contributed by atoms with Crippen LogP contribution in [0.5, 0.6) is 0 Å². The first-order chi connectivity index (χ1) is 13.2. The van der Waals surface area contributed by atoms with Crippen molar-refractivity contribution < 1.29 is 9.90 Å². The molecule has 0 unspecified atom stereocenters. The zero-order valence-corrected chi connectivity index (χ0v) is 18.3. The monoisotopic (exact) mass is 381 g/mol. The van der Waals surface area contributed by atoms with Crippen molar-refractivity contribution in [3.63, 3.8) is 0 Å². The molecular weight excluding hydrogens is 334 g/mol. The summed E-state index contributed by atoms with van der Waals surface area (Å²) in [6, 6.07) is -0.132. The lowest BCUT2D eigenvalue weighted by Crippen LogP contribution is -2.36. The number of unbranched alkanes of at least 4 members (excludes halogenated alkanes) is 13. The maximum atomic E-state index is 11.8. The number of rotatable bonds is 20. The van der Waals surface area contributed by atoms with E-state index in [4.69, 9.17) is 0 Å². The minimum absolute atomic E-state index is 0.0162. The summed E-state index contributed by atoms with van der Waals surface area (Å²) in [6.45, 7) is 4.42. The Morgan fingerprint density at radius 3 is 1.85 bits per heavy atom. The van der Waals surface area contributed by atoms with Gasteiger partial charge in [-0.25, -0.2) is 0 Å². The molecule has 0 saturated carbocycles. The molecule has 0 aliphatic rings. The molecule has 0 bridgehead atoms. The topological polar surface area (TPSA) is 49.3 Å². The van der Waals surface area contributed by atoms with Gasteiger partial charge in [0.2, 0.25) is 5.91 Å². The number of hydrogen-bond acceptors (Lipinski definition) is 2. The predicted molar refractivity (Wildman–Crippen MR) is 118 cm³/mol. The van der Waals surface area contributed by atoms with Gasteiger partial charge in [0, 0.05) is 6.42 Å². The molecule has 0 aliphatic heterocycles. The van der Waals surface area contributed by atoms with Gasteiger partial charge in [0.05, 0.1) is 12.6 Å². The van der Waals surface area contributed by atoms with Crippen molar-refractivity contribution in [2.24, 2.45) is 0 Å². The van der Waals surface area contributed by atoms with Crippen molar-refractivity contribution >= 4 is 5.91 Å². The molecule has 0 aliphatic carbocycles. The standard InChI is InChI=1S/C24H47NO2/c1-3-5-7-8-9-10-11-12-13-14-15-16-17-19-20-23(22-26)25-24(27)21-18-6-4-2/h17,19,23,26H,3-16,18,20-22H2,1-2H3,(H,25,27)/b19-17+/t23-/m1/s1. The lowest BCUT2D eigenvalue weighted by Gasteiger charge is -2.14. The second-order valence-electron chi connectivity index (χ2n) is 7.94. The van der Waals surface area contributed by atoms with Crippen LogP contribution in [0.15, 0.2) is 12.2 Å². The van der Waals surface area contributed by atoms with Crippen LogP contribution in [-0.2, 0) is 4.79 Å². The van der Waals surface area contributed by atoms with Crippen molar-refractivity contribution in [3.05, 3.63) is 12.2 Å². The van der Waals surface area contributed by atoms with Gasteiger partial charge in [-0.1, -0.05) is 103 Å². The Labute approximate surface area is 169 Å². The van der Waals surface area contributed by atoms with Crippen LogP contribution in [0.4, 0.5) is 0 Å². The number of carbonyl (C=O) groups is 1. The number of amides is 1. The minimum atomic E-state index is -0.132. The predicted octanol–water partition coefficient (Wildman–Crippen LogP) is 6.69. The summed E-state index contributed by atoms with van der Waals surface area (Å²) < 4.78 is 0. The van der Waals surface area contributed by atoms with Crippen molar-refractivity contribution in [1.29, 1.82) is 0 Å². The molecule has 0 aromatic rings. The van der Waals surface area contributed by atoms with Gasteiger partial charge in [0.25, 0.3) is 0 Å². The molecule has 160 valence electrons. The van der Waals surface area contributed by atoms with Crippen LogP contribution in [0.1, 0.15) is 123 Å². The molecule has 27 heavy (non-hydrogen) atoms. The Morgan fingerprint density at radius 1 is 0.778 bits per heavy atom. The summed E-state index contributed by atoms with van der Waals surface area (Å²) in [5.74, 6) is 0.0706. The second kappa shape index (κ2) is 21.5. The second-order valence-corrected chi connectivity index (χ2v) is 7.94. The fourth-order valence-corrected chi connectivity index (χ4v) is 3.32. The Bertz CT molecular complexity index is 341. The molecule has 0 radical (unpaired) electrons. The fourth-order valence-electron chi connectivity index (χ4n) is 3.32. The first kappa shape index (κ1) is 26.2. The largest absolute Gasteiger partial charge is 0.394 e. The van der Waals surface area contributed by atoms with Crippen LogP contribution >= 0.6 is 0 Å². The normalized spacial score (nSPS) is 12.6. The number of carbonyl (C=O) groups excluding carboxylic acids is 1. The quantitative estimate of drug-likeness (QED) is 0.182. The van der Waals surface area contributed by atoms with Gasteiger partial charge in [-0.15, -0.1) is 0 Å². The zero-order chi connectivity index (χ0) is 20.0. The third-order valence-electron chi connectivity index (χ3n) is 5.15. The Morgan fingerprint density at radius 2 is 1.30 bits per heavy atom. The molecule has 2 N–H and O–H groups in total. The van der Waals surface area contributed by atoms with E-state index in [0.29, 0.717) is 6.42 Å². The molecule has 3 nitrogen and oxygen atoms in total. The van der Waals surface area contributed by atoms with Crippen molar-refractivity contribution in [3.8, 4) is 0 Å². The van der Waals surface area contributed by atoms with E-state index in [2.05, 4.69) is 31.3 Å². The summed E-state index contributed by atoms with van der Waals surface area (Å²) >= 11 is 0. The van der Waals surface area contributed by atoms with E-state index in [1.54, 1.807) is 0 Å². The van der Waals surface area contributed by atoms with E-state index in [9.17, 15) is 9.90 Å². The van der Waals surface area contributed by atoms with Gasteiger partial charge < -0.3 is 10.4 Å². The molecular formula is C24H47NO2. The lowest BCUT2D eigenvalue weighted by atomic mass is 10.1. The summed E-state index contributed by atoms with van der Waals surface area (Å²) in [7, 11) is 0. The van der Waals surface area contributed by atoms with Crippen LogP contribution in [0, 0.1) is 0 Å². The molecule has 3 heteroatoms. The highest BCUT2D eigenvalue weighted by Crippen LogP contribution is 2.12. The highest BCUT2D eigenvalue weighted by molar-refractivity contribution is 5.76. The van der Waals surface area contributed by atoms with Crippen molar-refractivity contribution in [1.82, 2.24) is 5.32 Å². The highest BCUT2D eigenvalue weighted by atomic mass is 16.3. The summed E-state index contributed by atoms with van der Waals surface area (Å²) in [6.07, 6.45) is 25.0. The molecule has 1 atom stereocenters. The Balaban J connectivity index is 3.47. The van der Waals surface area contributed by atoms with Gasteiger partial charge in [0.1, 0.15) is 0 Å². The first-order valence-electron chi connectivity index (χ1n) is 11.8. The number of aliphatic hydroxyl groups is 1. The van der Waals surface area contributed by atoms with Gasteiger partial charge in [-0.05, 0) is 25.7 Å². The SMILES string of the molecule is CCCCCCCCCCCCC/C=C/C[C@H](CO)NC(=O)CCCCC. The molecule has 0 saturated heterocycles. The number of hydrogen-bond donors (Lipinski definition) is 2. The van der Waals surface area contributed by atoms with E-state index in [1.165, 1.54) is 70.6 Å². The third kappa shape index (κ3) is 19.7. The average molecular weight is 382 g/mol. The van der Waals surface area contributed by atoms with Crippen LogP contribution in [0.25, 0.3) is 0 Å². The van der Waals surface area contributed by atoms with Gasteiger partial charge in [-0.3, -0.25) is 4.79 Å². The average Bonchev–Trinajstić information content (AvgIpc) is 2.67. The zero-order valence-electron chi connectivity index (χ0n) is 18.3. The van der Waals surface area contributed by atoms with Gasteiger partial charge in [0.15, 0.2) is 0 Å². The molecule has 0 aromatic carbocycles. The van der Waals surface area contributed by atoms with E-state index >= 15 is 0 Å². The van der Waals surface area contributed by atoms with Crippen LogP contribution < -0.4 is 5.32 Å². The molecule has 0 spiro atoms. The highest BCUT2D eigenvalue weighted by Gasteiger charge is 2.09. The Hall–Kier alpha value is -0.830. The van der Waals surface area contributed by atoms with Crippen LogP contribution in [-0.4, -0.2) is 23.7 Å². The maximum Gasteiger partial charge on any atom is 0.220 e. The molecule has 0 aromatic heterocycles. The van der Waals surface area contributed by atoms with Crippen LogP contribution in [0.2, 0.25) is 0 Å². The number of allylic oxidation sites excluding steroid dienone is 1. The first-order valence-corrected chi connectivity index (χ1v) is 11.8. The van der Waals surface area contributed by atoms with E-state index in [1.807, 2.05) is 0 Å². The van der Waals surface area contributed by atoms with Crippen molar-refractivity contribution in [2.45, 2.75) is 129 Å². The summed E-state index contributed by atoms with van der Waals surface area (Å²) in [4.78, 5) is 11.8. The smallest absolute Gasteiger partial charge is 0.220 e. The van der Waals surface area contributed by atoms with E-state index < -0.39 is 0 Å². The third-order valence-corrected chi connectivity index (χ3v) is 5.15. The number of aliphatic hydroxyl groups excluding tert-OH is 1. The van der Waals surface area contributed by atoms with Crippen molar-refractivity contribution in [2.75, 3.05) is 6.61 Å².